The van der Waals surface area contributed by atoms with E-state index in [4.69, 9.17) is 10.5 Å². The van der Waals surface area contributed by atoms with Gasteiger partial charge in [0.2, 0.25) is 11.8 Å². The van der Waals surface area contributed by atoms with Gasteiger partial charge >= 0.3 is 0 Å². The molecule has 5 aliphatic rings. The van der Waals surface area contributed by atoms with Gasteiger partial charge in [-0.15, -0.1) is 0 Å². The van der Waals surface area contributed by atoms with Crippen molar-refractivity contribution >= 4 is 23.9 Å². The average molecular weight is 622 g/mol. The lowest BCUT2D eigenvalue weighted by Crippen LogP contribution is -2.45. The number of rotatable bonds is 7. The van der Waals surface area contributed by atoms with Gasteiger partial charge < -0.3 is 15.4 Å². The van der Waals surface area contributed by atoms with E-state index in [1.807, 2.05) is 36.4 Å². The molecule has 0 bridgehead atoms. The molecule has 0 aromatic heterocycles. The number of imide groups is 1. The predicted molar refractivity (Wildman–Crippen MR) is 175 cm³/mol. The molecule has 4 heterocycles. The van der Waals surface area contributed by atoms with Crippen LogP contribution < -0.4 is 11.1 Å². The monoisotopic (exact) mass is 621 g/mol. The van der Waals surface area contributed by atoms with Crippen LogP contribution in [0.3, 0.4) is 0 Å². The van der Waals surface area contributed by atoms with Gasteiger partial charge in [-0.1, -0.05) is 24.0 Å². The first-order valence-corrected chi connectivity index (χ1v) is 17.9. The quantitative estimate of drug-likeness (QED) is 0.265. The lowest BCUT2D eigenvalue weighted by molar-refractivity contribution is -0.134. The third-order valence-corrected chi connectivity index (χ3v) is 12.1. The Morgan fingerprint density at radius 1 is 0.909 bits per heavy atom. The summed E-state index contributed by atoms with van der Waals surface area (Å²) in [7, 11) is 0. The van der Waals surface area contributed by atoms with Crippen LogP contribution in [0.25, 0.3) is 0 Å². The third kappa shape index (κ3) is 8.65. The van der Waals surface area contributed by atoms with Crippen LogP contribution in [-0.4, -0.2) is 89.9 Å². The number of carbonyl (C=O) groups is 2. The molecule has 1 aromatic carbocycles. The van der Waals surface area contributed by atoms with Crippen molar-refractivity contribution in [2.75, 3.05) is 52.4 Å². The van der Waals surface area contributed by atoms with E-state index in [0.717, 1.165) is 55.8 Å². The van der Waals surface area contributed by atoms with Crippen LogP contribution in [0.1, 0.15) is 94.1 Å². The van der Waals surface area contributed by atoms with Gasteiger partial charge in [-0.05, 0) is 113 Å². The van der Waals surface area contributed by atoms with Gasteiger partial charge in [-0.3, -0.25) is 14.9 Å². The molecule has 44 heavy (non-hydrogen) atoms. The highest BCUT2D eigenvalue weighted by Crippen LogP contribution is 2.45. The van der Waals surface area contributed by atoms with Crippen LogP contribution in [0, 0.1) is 23.2 Å². The molecule has 1 aliphatic carbocycles. The molecule has 5 fully saturated rings. The second kappa shape index (κ2) is 15.1. The van der Waals surface area contributed by atoms with E-state index in [-0.39, 0.29) is 17.7 Å². The van der Waals surface area contributed by atoms with Crippen LogP contribution >= 0.6 is 12.1 Å². The Hall–Kier alpha value is -1.93. The van der Waals surface area contributed by atoms with Crippen molar-refractivity contribution in [3.63, 3.8) is 0 Å². The molecule has 0 radical (unpaired) electrons. The molecule has 1 spiro atoms. The fraction of sp³-hybridized carbons (Fsp3) is 0.714. The van der Waals surface area contributed by atoms with E-state index in [9.17, 15) is 9.59 Å². The summed E-state index contributed by atoms with van der Waals surface area (Å²) in [6.45, 7) is 8.95. The lowest BCUT2D eigenvalue weighted by Gasteiger charge is -2.46. The number of hydrogen-bond acceptors (Lipinski definition) is 8. The minimum Gasteiger partial charge on any atom is -0.366 e. The van der Waals surface area contributed by atoms with Crippen molar-refractivity contribution in [1.82, 2.24) is 18.8 Å². The largest absolute Gasteiger partial charge is 0.366 e. The first-order chi connectivity index (χ1) is 21.4. The number of nitrogens with two attached hydrogens (primary N) is 1. The fourth-order valence-corrected chi connectivity index (χ4v) is 8.96. The molecule has 240 valence electrons. The average Bonchev–Trinajstić information content (AvgIpc) is 3.04. The third-order valence-electron chi connectivity index (χ3n) is 10.9. The van der Waals surface area contributed by atoms with E-state index in [1.54, 1.807) is 0 Å². The summed E-state index contributed by atoms with van der Waals surface area (Å²) >= 11 is 1.98. The number of nitrogens with zero attached hydrogens (tertiary/aromatic N) is 3. The van der Waals surface area contributed by atoms with E-state index in [1.165, 1.54) is 71.2 Å². The molecule has 1 unspecified atom stereocenters. The van der Waals surface area contributed by atoms with Crippen LogP contribution in [0.15, 0.2) is 24.3 Å². The Balaban J connectivity index is 0.861. The summed E-state index contributed by atoms with van der Waals surface area (Å²) in [5.74, 6) is 6.58. The van der Waals surface area contributed by atoms with Gasteiger partial charge in [0.1, 0.15) is 6.61 Å². The Morgan fingerprint density at radius 2 is 1.61 bits per heavy atom. The maximum absolute atomic E-state index is 12.2. The van der Waals surface area contributed by atoms with Crippen molar-refractivity contribution in [3.05, 3.63) is 35.4 Å². The Kier molecular flexibility index (Phi) is 11.0. The Morgan fingerprint density at radius 3 is 2.32 bits per heavy atom. The van der Waals surface area contributed by atoms with Crippen molar-refractivity contribution < 1.29 is 14.3 Å². The molecule has 3 N–H and O–H groups in total. The van der Waals surface area contributed by atoms with Gasteiger partial charge in [0.15, 0.2) is 0 Å². The molecule has 1 atom stereocenters. The zero-order valence-corrected chi connectivity index (χ0v) is 27.1. The number of nitrogens with one attached hydrogen (secondary N) is 1. The van der Waals surface area contributed by atoms with Crippen LogP contribution in [0.4, 0.5) is 0 Å². The summed E-state index contributed by atoms with van der Waals surface area (Å²) in [5, 5.41) is 2.45. The molecule has 9 heteroatoms. The van der Waals surface area contributed by atoms with E-state index in [0.29, 0.717) is 37.0 Å². The molecule has 4 aliphatic heterocycles. The molecule has 2 amide bonds. The number of piperidine rings is 4. The van der Waals surface area contributed by atoms with E-state index in [2.05, 4.69) is 30.7 Å². The second-order valence-corrected chi connectivity index (χ2v) is 15.2. The first kappa shape index (κ1) is 32.0. The highest BCUT2D eigenvalue weighted by molar-refractivity contribution is 7.94. The SMILES string of the molecule is NC1CCN(SN2CCC(CN3CCC4(CCC(OCC#Cc5cccc(C6CCC(=O)NC6=O)c5)CC4)CC3)CC2)CC1. The van der Waals surface area contributed by atoms with Crippen molar-refractivity contribution in [1.29, 1.82) is 0 Å². The first-order valence-electron chi connectivity index (χ1n) is 17.1. The van der Waals surface area contributed by atoms with Crippen LogP contribution in [-0.2, 0) is 14.3 Å². The Bertz CT molecular complexity index is 1180. The smallest absolute Gasteiger partial charge is 0.234 e. The number of hydrogen-bond donors (Lipinski definition) is 2. The van der Waals surface area contributed by atoms with Crippen LogP contribution in [0.2, 0.25) is 0 Å². The highest BCUT2D eigenvalue weighted by Gasteiger charge is 2.39. The van der Waals surface area contributed by atoms with Crippen molar-refractivity contribution in [3.8, 4) is 11.8 Å². The minimum absolute atomic E-state index is 0.185. The molecule has 1 aromatic rings. The zero-order chi connectivity index (χ0) is 30.4. The number of likely N-dealkylation sites (tertiary alicyclic amines) is 1. The van der Waals surface area contributed by atoms with Gasteiger partial charge in [-0.25, -0.2) is 8.61 Å². The number of carbonyl (C=O) groups excluding carboxylic acids is 2. The molecular formula is C35H51N5O3S. The molecular weight excluding hydrogens is 570 g/mol. The van der Waals surface area contributed by atoms with Crippen molar-refractivity contribution in [2.45, 2.75) is 95.1 Å². The normalized spacial score (nSPS) is 26.8. The van der Waals surface area contributed by atoms with Crippen LogP contribution in [0.5, 0.6) is 0 Å². The molecule has 6 rings (SSSR count). The predicted octanol–water partition coefficient (Wildman–Crippen LogP) is 4.30. The van der Waals surface area contributed by atoms with Crippen molar-refractivity contribution in [2.24, 2.45) is 17.1 Å². The Labute approximate surface area is 268 Å². The summed E-state index contributed by atoms with van der Waals surface area (Å²) in [6, 6.07) is 8.22. The maximum Gasteiger partial charge on any atom is 0.234 e. The van der Waals surface area contributed by atoms with Gasteiger partial charge in [0.05, 0.1) is 12.0 Å². The fourth-order valence-electron chi connectivity index (χ4n) is 7.88. The summed E-state index contributed by atoms with van der Waals surface area (Å²) in [6.07, 6.45) is 13.7. The van der Waals surface area contributed by atoms with E-state index < -0.39 is 0 Å². The zero-order valence-electron chi connectivity index (χ0n) is 26.3. The van der Waals surface area contributed by atoms with Gasteiger partial charge in [0, 0.05) is 62.9 Å². The topological polar surface area (TPSA) is 91.1 Å². The number of benzene rings is 1. The van der Waals surface area contributed by atoms with E-state index >= 15 is 0 Å². The minimum atomic E-state index is -0.278. The second-order valence-electron chi connectivity index (χ2n) is 14.0. The van der Waals surface area contributed by atoms with Gasteiger partial charge in [-0.2, -0.15) is 0 Å². The highest BCUT2D eigenvalue weighted by atomic mass is 32.2. The molecule has 1 saturated carbocycles. The number of ether oxygens (including phenoxy) is 1. The molecule has 8 nitrogen and oxygen atoms in total. The summed E-state index contributed by atoms with van der Waals surface area (Å²) in [4.78, 5) is 26.5. The lowest BCUT2D eigenvalue weighted by atomic mass is 9.67. The standard InChI is InChI=1S/C35H51N5O3S/c36-30-12-20-40(21-13-30)44-39-18-10-28(11-19-39)26-38-22-16-35(17-23-38)14-8-31(9-15-35)43-24-2-4-27-3-1-5-29(25-27)32-6-7-33(41)37-34(32)42/h1,3,5,25,28,30-32H,6-24,26,36H2,(H,37,41,42). The number of amides is 2. The molecule has 4 saturated heterocycles. The maximum atomic E-state index is 12.2. The summed E-state index contributed by atoms with van der Waals surface area (Å²) < 4.78 is 11.3. The summed E-state index contributed by atoms with van der Waals surface area (Å²) in [5.41, 5.74) is 8.41. The van der Waals surface area contributed by atoms with Gasteiger partial charge in [0.25, 0.3) is 0 Å².